The molecule has 1 aromatic heterocycles. The number of halogens is 1. The number of hydrogen-bond acceptors (Lipinski definition) is 8. The third kappa shape index (κ3) is 5.33. The van der Waals surface area contributed by atoms with Crippen molar-refractivity contribution >= 4 is 57.3 Å². The minimum Gasteiger partial charge on any atom is -0.462 e. The Kier molecular flexibility index (Phi) is 7.35. The van der Waals surface area contributed by atoms with Crippen molar-refractivity contribution in [2.45, 2.75) is 20.8 Å². The first kappa shape index (κ1) is 22.4. The van der Waals surface area contributed by atoms with E-state index in [4.69, 9.17) is 26.8 Å². The van der Waals surface area contributed by atoms with Gasteiger partial charge in [0.1, 0.15) is 5.00 Å². The molecule has 3 N–H and O–H groups in total. The number of nitrogens with one attached hydrogen (secondary N) is 1. The fourth-order valence-electron chi connectivity index (χ4n) is 2.48. The van der Waals surface area contributed by atoms with Crippen LogP contribution in [0.1, 0.15) is 49.8 Å². The zero-order valence-corrected chi connectivity index (χ0v) is 17.5. The molecular formula is C19H19ClN2O6S. The van der Waals surface area contributed by atoms with Gasteiger partial charge in [0.05, 0.1) is 22.6 Å². The molecule has 1 aromatic carbocycles. The number of hydrogen-bond donors (Lipinski definition) is 2. The van der Waals surface area contributed by atoms with Crippen molar-refractivity contribution in [3.8, 4) is 0 Å². The van der Waals surface area contributed by atoms with Crippen LogP contribution in [0.5, 0.6) is 0 Å². The lowest BCUT2D eigenvalue weighted by atomic mass is 10.1. The average Bonchev–Trinajstić information content (AvgIpc) is 2.96. The molecule has 0 spiro atoms. The number of benzene rings is 1. The summed E-state index contributed by atoms with van der Waals surface area (Å²) in [6.07, 6.45) is 0. The van der Waals surface area contributed by atoms with Crippen LogP contribution in [0.3, 0.4) is 0 Å². The minimum absolute atomic E-state index is 0.0697. The summed E-state index contributed by atoms with van der Waals surface area (Å²) in [5, 5.41) is 3.00. The van der Waals surface area contributed by atoms with Crippen LogP contribution < -0.4 is 11.1 Å². The minimum atomic E-state index is -0.799. The first-order chi connectivity index (χ1) is 13.6. The zero-order valence-electron chi connectivity index (χ0n) is 16.0. The van der Waals surface area contributed by atoms with Crippen molar-refractivity contribution in [2.75, 3.05) is 24.3 Å². The predicted molar refractivity (Wildman–Crippen MR) is 110 cm³/mol. The van der Waals surface area contributed by atoms with Gasteiger partial charge in [-0.3, -0.25) is 9.59 Å². The van der Waals surface area contributed by atoms with E-state index in [2.05, 4.69) is 5.32 Å². The summed E-state index contributed by atoms with van der Waals surface area (Å²) in [6.45, 7) is 4.12. The number of thiophene rings is 1. The molecule has 0 saturated heterocycles. The van der Waals surface area contributed by atoms with Crippen LogP contribution in [0, 0.1) is 6.92 Å². The lowest BCUT2D eigenvalue weighted by Gasteiger charge is -2.09. The van der Waals surface area contributed by atoms with Crippen LogP contribution in [0.15, 0.2) is 18.2 Å². The van der Waals surface area contributed by atoms with Gasteiger partial charge in [-0.05, 0) is 44.5 Å². The highest BCUT2D eigenvalue weighted by atomic mass is 35.5. The van der Waals surface area contributed by atoms with E-state index in [1.165, 1.54) is 25.1 Å². The smallest absolute Gasteiger partial charge is 0.341 e. The Morgan fingerprint density at radius 2 is 1.86 bits per heavy atom. The van der Waals surface area contributed by atoms with E-state index in [1.54, 1.807) is 13.8 Å². The van der Waals surface area contributed by atoms with Crippen molar-refractivity contribution in [1.29, 1.82) is 0 Å². The molecule has 1 amide bonds. The van der Waals surface area contributed by atoms with Crippen LogP contribution >= 0.6 is 22.9 Å². The van der Waals surface area contributed by atoms with Gasteiger partial charge in [0.2, 0.25) is 0 Å². The maximum Gasteiger partial charge on any atom is 0.341 e. The Morgan fingerprint density at radius 1 is 1.17 bits per heavy atom. The van der Waals surface area contributed by atoms with Crippen LogP contribution in [-0.4, -0.2) is 36.8 Å². The SMILES string of the molecule is CCOC(=O)c1c(NC(=O)COC(=O)c2ccc(Cl)cc2N)sc(C(C)=O)c1C. The molecule has 0 fully saturated rings. The number of esters is 2. The van der Waals surface area contributed by atoms with Gasteiger partial charge in [0.25, 0.3) is 5.91 Å². The van der Waals surface area contributed by atoms with Gasteiger partial charge in [-0.2, -0.15) is 0 Å². The van der Waals surface area contributed by atoms with Gasteiger partial charge in [-0.15, -0.1) is 11.3 Å². The van der Waals surface area contributed by atoms with Gasteiger partial charge < -0.3 is 20.5 Å². The summed E-state index contributed by atoms with van der Waals surface area (Å²) in [6, 6.07) is 4.25. The third-order valence-corrected chi connectivity index (χ3v) is 5.31. The number of carbonyl (C=O) groups excluding carboxylic acids is 4. The van der Waals surface area contributed by atoms with Gasteiger partial charge in [0.15, 0.2) is 12.4 Å². The molecule has 0 unspecified atom stereocenters. The highest BCUT2D eigenvalue weighted by Gasteiger charge is 2.25. The number of amides is 1. The fourth-order valence-corrected chi connectivity index (χ4v) is 3.76. The van der Waals surface area contributed by atoms with Crippen LogP contribution in [0.25, 0.3) is 0 Å². The second-order valence-electron chi connectivity index (χ2n) is 5.89. The topological polar surface area (TPSA) is 125 Å². The van der Waals surface area contributed by atoms with E-state index in [0.717, 1.165) is 11.3 Å². The predicted octanol–water partition coefficient (Wildman–Crippen LogP) is 3.47. The molecule has 0 saturated carbocycles. The lowest BCUT2D eigenvalue weighted by molar-refractivity contribution is -0.119. The Labute approximate surface area is 175 Å². The summed E-state index contributed by atoms with van der Waals surface area (Å²) in [5.74, 6) is -2.39. The molecule has 0 aliphatic heterocycles. The Balaban J connectivity index is 2.13. The van der Waals surface area contributed by atoms with Crippen molar-refractivity contribution in [3.63, 3.8) is 0 Å². The number of anilines is 2. The molecule has 0 aliphatic carbocycles. The summed E-state index contributed by atoms with van der Waals surface area (Å²) in [4.78, 5) is 48.7. The van der Waals surface area contributed by atoms with E-state index in [1.807, 2.05) is 0 Å². The largest absolute Gasteiger partial charge is 0.462 e. The highest BCUT2D eigenvalue weighted by Crippen LogP contribution is 2.34. The van der Waals surface area contributed by atoms with E-state index in [0.29, 0.717) is 15.5 Å². The van der Waals surface area contributed by atoms with Gasteiger partial charge >= 0.3 is 11.9 Å². The monoisotopic (exact) mass is 438 g/mol. The first-order valence-electron chi connectivity index (χ1n) is 8.49. The van der Waals surface area contributed by atoms with E-state index in [9.17, 15) is 19.2 Å². The van der Waals surface area contributed by atoms with Crippen molar-refractivity contribution in [2.24, 2.45) is 0 Å². The van der Waals surface area contributed by atoms with Crippen molar-refractivity contribution in [3.05, 3.63) is 44.8 Å². The molecule has 154 valence electrons. The number of rotatable bonds is 7. The molecule has 2 rings (SSSR count). The van der Waals surface area contributed by atoms with E-state index in [-0.39, 0.29) is 34.2 Å². The summed E-state index contributed by atoms with van der Waals surface area (Å²) in [5.41, 5.74) is 6.42. The number of nitrogen functional groups attached to an aromatic ring is 1. The molecule has 0 bridgehead atoms. The highest BCUT2D eigenvalue weighted by molar-refractivity contribution is 7.18. The number of Topliss-reactive ketones (excluding diaryl/α,β-unsaturated/α-hetero) is 1. The zero-order chi connectivity index (χ0) is 21.7. The van der Waals surface area contributed by atoms with Gasteiger partial charge in [-0.25, -0.2) is 9.59 Å². The molecule has 0 radical (unpaired) electrons. The Bertz CT molecular complexity index is 985. The second kappa shape index (κ2) is 9.53. The second-order valence-corrected chi connectivity index (χ2v) is 7.35. The Hall–Kier alpha value is -2.91. The average molecular weight is 439 g/mol. The number of nitrogens with two attached hydrogens (primary N) is 1. The molecule has 8 nitrogen and oxygen atoms in total. The van der Waals surface area contributed by atoms with Crippen LogP contribution in [0.2, 0.25) is 5.02 Å². The third-order valence-electron chi connectivity index (χ3n) is 3.77. The molecule has 2 aromatic rings. The lowest BCUT2D eigenvalue weighted by Crippen LogP contribution is -2.22. The maximum atomic E-state index is 12.2. The quantitative estimate of drug-likeness (QED) is 0.385. The van der Waals surface area contributed by atoms with Gasteiger partial charge in [0, 0.05) is 10.7 Å². The molecule has 0 atom stereocenters. The van der Waals surface area contributed by atoms with E-state index >= 15 is 0 Å². The standard InChI is InChI=1S/C19H19ClN2O6S/c1-4-27-19(26)15-9(2)16(10(3)23)29-17(15)22-14(24)8-28-18(25)12-6-5-11(20)7-13(12)21/h5-7H,4,8,21H2,1-3H3,(H,22,24). The normalized spacial score (nSPS) is 10.3. The molecule has 0 aliphatic rings. The van der Waals surface area contributed by atoms with E-state index < -0.39 is 24.5 Å². The molecule has 1 heterocycles. The summed E-state index contributed by atoms with van der Waals surface area (Å²) < 4.78 is 9.96. The number of ether oxygens (including phenoxy) is 2. The Morgan fingerprint density at radius 3 is 2.45 bits per heavy atom. The number of carbonyl (C=O) groups is 4. The van der Waals surface area contributed by atoms with Crippen molar-refractivity contribution < 1.29 is 28.7 Å². The van der Waals surface area contributed by atoms with Gasteiger partial charge in [-0.1, -0.05) is 11.6 Å². The maximum absolute atomic E-state index is 12.2. The number of ketones is 1. The molecule has 29 heavy (non-hydrogen) atoms. The summed E-state index contributed by atoms with van der Waals surface area (Å²) in [7, 11) is 0. The molecular weight excluding hydrogens is 420 g/mol. The fraction of sp³-hybridized carbons (Fsp3) is 0.263. The van der Waals surface area contributed by atoms with Crippen LogP contribution in [-0.2, 0) is 14.3 Å². The van der Waals surface area contributed by atoms with Crippen molar-refractivity contribution in [1.82, 2.24) is 0 Å². The first-order valence-corrected chi connectivity index (χ1v) is 9.68. The summed E-state index contributed by atoms with van der Waals surface area (Å²) >= 11 is 6.74. The van der Waals surface area contributed by atoms with Crippen LogP contribution in [0.4, 0.5) is 10.7 Å². The molecule has 10 heteroatoms.